The molecule has 0 spiro atoms. The van der Waals surface area contributed by atoms with E-state index in [1.54, 1.807) is 31.4 Å². The van der Waals surface area contributed by atoms with Gasteiger partial charge in [-0.15, -0.1) is 0 Å². The Morgan fingerprint density at radius 2 is 1.83 bits per heavy atom. The number of hydrogen-bond donors (Lipinski definition) is 1. The molecule has 2 aromatic carbocycles. The molecular weight excluding hydrogens is 370 g/mol. The monoisotopic (exact) mass is 397 g/mol. The number of methoxy groups -OCH3 is 2. The van der Waals surface area contributed by atoms with E-state index in [-0.39, 0.29) is 5.57 Å². The normalized spacial score (nSPS) is 14.6. The molecule has 1 heterocycles. The summed E-state index contributed by atoms with van der Waals surface area (Å²) in [5.74, 6) is 0.748. The number of benzene rings is 2. The average molecular weight is 397 g/mol. The smallest absolute Gasteiger partial charge is 0.336 e. The fraction of sp³-hybridized carbons (Fsp3) is 0.348. The first kappa shape index (κ1) is 20.7. The second-order valence-corrected chi connectivity index (χ2v) is 6.90. The van der Waals surface area contributed by atoms with Crippen LogP contribution in [-0.2, 0) is 4.79 Å². The number of hydrogen-bond acceptors (Lipinski definition) is 5. The minimum absolute atomic E-state index is 0.167. The summed E-state index contributed by atoms with van der Waals surface area (Å²) in [6, 6.07) is 12.5. The molecule has 154 valence electrons. The van der Waals surface area contributed by atoms with E-state index in [0.29, 0.717) is 23.7 Å². The number of ether oxygens (including phenoxy) is 3. The first-order valence-electron chi connectivity index (χ1n) is 9.73. The van der Waals surface area contributed by atoms with Gasteiger partial charge < -0.3 is 19.3 Å². The van der Waals surface area contributed by atoms with E-state index < -0.39 is 5.97 Å². The molecule has 0 amide bonds. The van der Waals surface area contributed by atoms with E-state index in [0.717, 1.165) is 30.9 Å². The summed E-state index contributed by atoms with van der Waals surface area (Å²) < 4.78 is 16.4. The van der Waals surface area contributed by atoms with Crippen molar-refractivity contribution in [2.75, 3.05) is 40.5 Å². The topological polar surface area (TPSA) is 68.2 Å². The predicted octanol–water partition coefficient (Wildman–Crippen LogP) is 3.80. The molecular formula is C23H27NO5. The summed E-state index contributed by atoms with van der Waals surface area (Å²) in [7, 11) is 3.06. The molecule has 1 aliphatic rings. The maximum absolute atomic E-state index is 11.9. The van der Waals surface area contributed by atoms with E-state index in [4.69, 9.17) is 14.2 Å². The van der Waals surface area contributed by atoms with Gasteiger partial charge in [-0.05, 0) is 67.4 Å². The van der Waals surface area contributed by atoms with E-state index in [1.807, 2.05) is 24.3 Å². The highest BCUT2D eigenvalue weighted by molar-refractivity contribution is 6.20. The summed E-state index contributed by atoms with van der Waals surface area (Å²) in [6.07, 6.45) is 4.15. The van der Waals surface area contributed by atoms with Crippen LogP contribution in [0.1, 0.15) is 24.0 Å². The number of likely N-dealkylation sites (tertiary alicyclic amines) is 1. The molecule has 6 heteroatoms. The van der Waals surface area contributed by atoms with Crippen LogP contribution in [0.25, 0.3) is 11.6 Å². The minimum atomic E-state index is -1.02. The molecule has 1 aliphatic heterocycles. The van der Waals surface area contributed by atoms with Gasteiger partial charge >= 0.3 is 5.97 Å². The van der Waals surface area contributed by atoms with Gasteiger partial charge in [0.25, 0.3) is 0 Å². The van der Waals surface area contributed by atoms with Gasteiger partial charge in [0.15, 0.2) is 11.5 Å². The molecule has 0 radical (unpaired) electrons. The number of rotatable bonds is 9. The van der Waals surface area contributed by atoms with Crippen LogP contribution in [0, 0.1) is 0 Å². The fourth-order valence-corrected chi connectivity index (χ4v) is 3.43. The SMILES string of the molecule is COc1ccc(/C(=C/c2cccc(OCCN3CCCC3)c2)C(=O)O)cc1OC. The molecule has 3 rings (SSSR count). The highest BCUT2D eigenvalue weighted by Gasteiger charge is 2.14. The van der Waals surface area contributed by atoms with Gasteiger partial charge in [0.05, 0.1) is 19.8 Å². The van der Waals surface area contributed by atoms with Crippen molar-refractivity contribution in [3.05, 3.63) is 53.6 Å². The van der Waals surface area contributed by atoms with Gasteiger partial charge in [-0.1, -0.05) is 18.2 Å². The van der Waals surface area contributed by atoms with Crippen LogP contribution in [0.5, 0.6) is 17.2 Å². The van der Waals surface area contributed by atoms with E-state index in [1.165, 1.54) is 20.0 Å². The summed E-state index contributed by atoms with van der Waals surface area (Å²) >= 11 is 0. The average Bonchev–Trinajstić information content (AvgIpc) is 3.25. The Kier molecular flexibility index (Phi) is 7.14. The standard InChI is InChI=1S/C23H27NO5/c1-27-21-9-8-18(16-22(21)28-2)20(23(25)26)15-17-6-5-7-19(14-17)29-13-12-24-10-3-4-11-24/h5-9,14-16H,3-4,10-13H2,1-2H3,(H,25,26)/b20-15-. The summed E-state index contributed by atoms with van der Waals surface area (Å²) in [5, 5.41) is 9.73. The molecule has 6 nitrogen and oxygen atoms in total. The van der Waals surface area contributed by atoms with Crippen LogP contribution in [0.15, 0.2) is 42.5 Å². The number of carboxylic acid groups (broad SMARTS) is 1. The molecule has 29 heavy (non-hydrogen) atoms. The first-order valence-corrected chi connectivity index (χ1v) is 9.73. The zero-order valence-corrected chi connectivity index (χ0v) is 16.9. The zero-order valence-electron chi connectivity index (χ0n) is 16.9. The lowest BCUT2D eigenvalue weighted by atomic mass is 10.0. The van der Waals surface area contributed by atoms with Crippen LogP contribution in [-0.4, -0.2) is 56.4 Å². The van der Waals surface area contributed by atoms with Crippen LogP contribution < -0.4 is 14.2 Å². The number of carbonyl (C=O) groups is 1. The lowest BCUT2D eigenvalue weighted by Gasteiger charge is -2.15. The van der Waals surface area contributed by atoms with Crippen LogP contribution in [0.3, 0.4) is 0 Å². The van der Waals surface area contributed by atoms with Gasteiger partial charge in [0.2, 0.25) is 0 Å². The van der Waals surface area contributed by atoms with Crippen molar-refractivity contribution < 1.29 is 24.1 Å². The number of aliphatic carboxylic acids is 1. The Morgan fingerprint density at radius 3 is 2.52 bits per heavy atom. The quantitative estimate of drug-likeness (QED) is 0.513. The third-order valence-corrected chi connectivity index (χ3v) is 4.97. The molecule has 0 saturated carbocycles. The zero-order chi connectivity index (χ0) is 20.6. The lowest BCUT2D eigenvalue weighted by Crippen LogP contribution is -2.25. The Morgan fingerprint density at radius 1 is 1.07 bits per heavy atom. The van der Waals surface area contributed by atoms with Crippen molar-refractivity contribution >= 4 is 17.6 Å². The Balaban J connectivity index is 1.77. The molecule has 0 unspecified atom stereocenters. The lowest BCUT2D eigenvalue weighted by molar-refractivity contribution is -0.130. The van der Waals surface area contributed by atoms with Crippen molar-refractivity contribution in [3.8, 4) is 17.2 Å². The molecule has 0 aromatic heterocycles. The third kappa shape index (κ3) is 5.51. The van der Waals surface area contributed by atoms with Crippen molar-refractivity contribution in [3.63, 3.8) is 0 Å². The first-order chi connectivity index (χ1) is 14.1. The molecule has 1 fully saturated rings. The minimum Gasteiger partial charge on any atom is -0.493 e. The summed E-state index contributed by atoms with van der Waals surface area (Å²) in [6.45, 7) is 3.81. The number of nitrogens with zero attached hydrogens (tertiary/aromatic N) is 1. The molecule has 0 aliphatic carbocycles. The second kappa shape index (κ2) is 9.98. The van der Waals surface area contributed by atoms with Gasteiger partial charge in [-0.2, -0.15) is 0 Å². The Bertz CT molecular complexity index is 871. The maximum Gasteiger partial charge on any atom is 0.336 e. The summed E-state index contributed by atoms with van der Waals surface area (Å²) in [4.78, 5) is 14.3. The van der Waals surface area contributed by atoms with Crippen LogP contribution in [0.2, 0.25) is 0 Å². The largest absolute Gasteiger partial charge is 0.493 e. The number of carboxylic acids is 1. The molecule has 0 atom stereocenters. The van der Waals surface area contributed by atoms with E-state index in [9.17, 15) is 9.90 Å². The maximum atomic E-state index is 11.9. The summed E-state index contributed by atoms with van der Waals surface area (Å²) in [5.41, 5.74) is 1.46. The van der Waals surface area contributed by atoms with Crippen molar-refractivity contribution in [1.82, 2.24) is 4.90 Å². The molecule has 1 N–H and O–H groups in total. The Labute approximate surface area is 171 Å². The van der Waals surface area contributed by atoms with Gasteiger partial charge in [-0.3, -0.25) is 4.90 Å². The highest BCUT2D eigenvalue weighted by atomic mass is 16.5. The molecule has 0 bridgehead atoms. The fourth-order valence-electron chi connectivity index (χ4n) is 3.43. The van der Waals surface area contributed by atoms with E-state index >= 15 is 0 Å². The van der Waals surface area contributed by atoms with Gasteiger partial charge in [0.1, 0.15) is 12.4 Å². The third-order valence-electron chi connectivity index (χ3n) is 4.97. The Hall–Kier alpha value is -2.99. The van der Waals surface area contributed by atoms with Crippen molar-refractivity contribution in [1.29, 1.82) is 0 Å². The van der Waals surface area contributed by atoms with E-state index in [2.05, 4.69) is 4.90 Å². The predicted molar refractivity (Wildman–Crippen MR) is 113 cm³/mol. The van der Waals surface area contributed by atoms with Gasteiger partial charge in [-0.25, -0.2) is 4.79 Å². The second-order valence-electron chi connectivity index (χ2n) is 6.90. The van der Waals surface area contributed by atoms with Crippen LogP contribution in [0.4, 0.5) is 0 Å². The molecule has 1 saturated heterocycles. The van der Waals surface area contributed by atoms with Crippen molar-refractivity contribution in [2.24, 2.45) is 0 Å². The van der Waals surface area contributed by atoms with Crippen LogP contribution >= 0.6 is 0 Å². The molecule has 2 aromatic rings. The van der Waals surface area contributed by atoms with Gasteiger partial charge in [0, 0.05) is 6.54 Å². The highest BCUT2D eigenvalue weighted by Crippen LogP contribution is 2.31. The van der Waals surface area contributed by atoms with Crippen molar-refractivity contribution in [2.45, 2.75) is 12.8 Å².